The predicted molar refractivity (Wildman–Crippen MR) is 110 cm³/mol. The standard InChI is InChI=1S/C16H29N5S.HI/c1-12-5-8-21(9-6-12)10-7-18-16(17-4)19-11-15-13(2)20-14(3)22-15;/h12H,5-11H2,1-4H3,(H2,17,18,19);1H. The van der Waals surface area contributed by atoms with Crippen LogP contribution in [0.25, 0.3) is 0 Å². The van der Waals surface area contributed by atoms with Crippen LogP contribution in [0.1, 0.15) is 35.3 Å². The van der Waals surface area contributed by atoms with E-state index in [2.05, 4.69) is 39.4 Å². The van der Waals surface area contributed by atoms with Crippen molar-refractivity contribution in [3.05, 3.63) is 15.6 Å². The Morgan fingerprint density at radius 3 is 2.57 bits per heavy atom. The maximum atomic E-state index is 4.46. The van der Waals surface area contributed by atoms with Gasteiger partial charge in [0.25, 0.3) is 0 Å². The van der Waals surface area contributed by atoms with Crippen molar-refractivity contribution in [2.75, 3.05) is 33.2 Å². The molecule has 2 N–H and O–H groups in total. The normalized spacial score (nSPS) is 17.0. The van der Waals surface area contributed by atoms with Gasteiger partial charge in [-0.05, 0) is 45.7 Å². The van der Waals surface area contributed by atoms with Crippen LogP contribution in [0.2, 0.25) is 0 Å². The second-order valence-electron chi connectivity index (χ2n) is 6.12. The number of halogens is 1. The Kier molecular flexibility index (Phi) is 9.38. The fourth-order valence-electron chi connectivity index (χ4n) is 2.74. The molecular formula is C16H30IN5S. The van der Waals surface area contributed by atoms with Gasteiger partial charge in [0, 0.05) is 25.0 Å². The quantitative estimate of drug-likeness (QED) is 0.411. The second kappa shape index (κ2) is 10.5. The maximum absolute atomic E-state index is 4.46. The van der Waals surface area contributed by atoms with Gasteiger partial charge < -0.3 is 15.5 Å². The Balaban J connectivity index is 0.00000264. The minimum absolute atomic E-state index is 0. The molecule has 1 aromatic heterocycles. The maximum Gasteiger partial charge on any atom is 0.191 e. The van der Waals surface area contributed by atoms with E-state index in [1.807, 2.05) is 14.0 Å². The lowest BCUT2D eigenvalue weighted by atomic mass is 9.99. The van der Waals surface area contributed by atoms with E-state index in [1.54, 1.807) is 11.3 Å². The van der Waals surface area contributed by atoms with Crippen LogP contribution in [0, 0.1) is 19.8 Å². The lowest BCUT2D eigenvalue weighted by Crippen LogP contribution is -2.43. The summed E-state index contributed by atoms with van der Waals surface area (Å²) < 4.78 is 0. The van der Waals surface area contributed by atoms with Crippen molar-refractivity contribution >= 4 is 41.3 Å². The summed E-state index contributed by atoms with van der Waals surface area (Å²) >= 11 is 1.75. The molecule has 1 fully saturated rings. The van der Waals surface area contributed by atoms with Gasteiger partial charge >= 0.3 is 0 Å². The van der Waals surface area contributed by atoms with Gasteiger partial charge in [0.1, 0.15) is 0 Å². The highest BCUT2D eigenvalue weighted by atomic mass is 127. The van der Waals surface area contributed by atoms with Crippen molar-refractivity contribution in [2.45, 2.75) is 40.2 Å². The van der Waals surface area contributed by atoms with E-state index >= 15 is 0 Å². The van der Waals surface area contributed by atoms with E-state index in [0.717, 1.165) is 42.2 Å². The van der Waals surface area contributed by atoms with Gasteiger partial charge in [-0.3, -0.25) is 4.99 Å². The zero-order chi connectivity index (χ0) is 15.9. The second-order valence-corrected chi connectivity index (χ2v) is 7.41. The third kappa shape index (κ3) is 6.93. The van der Waals surface area contributed by atoms with Crippen molar-refractivity contribution in [3.63, 3.8) is 0 Å². The molecule has 1 aliphatic heterocycles. The summed E-state index contributed by atoms with van der Waals surface area (Å²) in [6.45, 7) is 11.7. The number of aromatic nitrogens is 1. The van der Waals surface area contributed by atoms with E-state index < -0.39 is 0 Å². The molecular weight excluding hydrogens is 421 g/mol. The predicted octanol–water partition coefficient (Wildman–Crippen LogP) is 2.77. The molecule has 0 aliphatic carbocycles. The van der Waals surface area contributed by atoms with Crippen LogP contribution < -0.4 is 10.6 Å². The van der Waals surface area contributed by atoms with Crippen LogP contribution in [0.4, 0.5) is 0 Å². The number of hydrogen-bond acceptors (Lipinski definition) is 4. The molecule has 0 amide bonds. The number of nitrogens with one attached hydrogen (secondary N) is 2. The third-order valence-electron chi connectivity index (χ3n) is 4.24. The zero-order valence-corrected chi connectivity index (χ0v) is 17.8. The average molecular weight is 451 g/mol. The van der Waals surface area contributed by atoms with Crippen LogP contribution in [-0.4, -0.2) is 49.1 Å². The summed E-state index contributed by atoms with van der Waals surface area (Å²) in [5.41, 5.74) is 1.12. The van der Waals surface area contributed by atoms with E-state index in [-0.39, 0.29) is 24.0 Å². The van der Waals surface area contributed by atoms with E-state index in [4.69, 9.17) is 0 Å². The molecule has 23 heavy (non-hydrogen) atoms. The van der Waals surface area contributed by atoms with Crippen molar-refractivity contribution in [3.8, 4) is 0 Å². The topological polar surface area (TPSA) is 52.6 Å². The van der Waals surface area contributed by atoms with Crippen LogP contribution in [0.3, 0.4) is 0 Å². The number of aliphatic imine (C=N–C) groups is 1. The first-order chi connectivity index (χ1) is 10.6. The van der Waals surface area contributed by atoms with Gasteiger partial charge in [-0.2, -0.15) is 0 Å². The fourth-order valence-corrected chi connectivity index (χ4v) is 3.62. The number of hydrogen-bond donors (Lipinski definition) is 2. The molecule has 2 rings (SSSR count). The Hall–Kier alpha value is -0.410. The Bertz CT molecular complexity index is 495. The largest absolute Gasteiger partial charge is 0.355 e. The van der Waals surface area contributed by atoms with Crippen LogP contribution in [0.5, 0.6) is 0 Å². The van der Waals surface area contributed by atoms with Crippen molar-refractivity contribution in [1.29, 1.82) is 0 Å². The third-order valence-corrected chi connectivity index (χ3v) is 5.31. The molecule has 1 aliphatic rings. The zero-order valence-electron chi connectivity index (χ0n) is 14.7. The first-order valence-corrected chi connectivity index (χ1v) is 9.00. The summed E-state index contributed by atoms with van der Waals surface area (Å²) in [6.07, 6.45) is 2.66. The van der Waals surface area contributed by atoms with Gasteiger partial charge in [0.15, 0.2) is 5.96 Å². The molecule has 0 bridgehead atoms. The number of piperidine rings is 1. The highest BCUT2D eigenvalue weighted by Gasteiger charge is 2.15. The van der Waals surface area contributed by atoms with Crippen molar-refractivity contribution in [2.24, 2.45) is 10.9 Å². The van der Waals surface area contributed by atoms with Gasteiger partial charge in [-0.25, -0.2) is 4.98 Å². The monoisotopic (exact) mass is 451 g/mol. The fraction of sp³-hybridized carbons (Fsp3) is 0.750. The number of likely N-dealkylation sites (tertiary alicyclic amines) is 1. The Labute approximate surface area is 161 Å². The minimum atomic E-state index is 0. The lowest BCUT2D eigenvalue weighted by Gasteiger charge is -2.30. The summed E-state index contributed by atoms with van der Waals surface area (Å²) in [4.78, 5) is 12.6. The number of rotatable bonds is 5. The smallest absolute Gasteiger partial charge is 0.191 e. The van der Waals surface area contributed by atoms with E-state index in [9.17, 15) is 0 Å². The molecule has 132 valence electrons. The SMILES string of the molecule is CN=C(NCCN1CCC(C)CC1)NCc1sc(C)nc1C.I. The van der Waals surface area contributed by atoms with E-state index in [0.29, 0.717) is 0 Å². The molecule has 0 unspecified atom stereocenters. The number of thiazole rings is 1. The van der Waals surface area contributed by atoms with Gasteiger partial charge in [-0.15, -0.1) is 35.3 Å². The minimum Gasteiger partial charge on any atom is -0.355 e. The molecule has 1 saturated heterocycles. The molecule has 0 radical (unpaired) electrons. The first kappa shape index (κ1) is 20.6. The number of nitrogens with zero attached hydrogens (tertiary/aromatic N) is 3. The van der Waals surface area contributed by atoms with Crippen LogP contribution in [0.15, 0.2) is 4.99 Å². The highest BCUT2D eigenvalue weighted by molar-refractivity contribution is 14.0. The molecule has 5 nitrogen and oxygen atoms in total. The molecule has 7 heteroatoms. The molecule has 2 heterocycles. The summed E-state index contributed by atoms with van der Waals surface area (Å²) in [7, 11) is 1.82. The van der Waals surface area contributed by atoms with Gasteiger partial charge in [0.05, 0.1) is 17.2 Å². The Morgan fingerprint density at radius 1 is 1.30 bits per heavy atom. The van der Waals surface area contributed by atoms with Crippen molar-refractivity contribution < 1.29 is 0 Å². The molecule has 0 aromatic carbocycles. The van der Waals surface area contributed by atoms with Gasteiger partial charge in [-0.1, -0.05) is 6.92 Å². The number of aryl methyl sites for hydroxylation is 2. The van der Waals surface area contributed by atoms with Gasteiger partial charge in [0.2, 0.25) is 0 Å². The lowest BCUT2D eigenvalue weighted by molar-refractivity contribution is 0.195. The average Bonchev–Trinajstić information content (AvgIpc) is 2.82. The summed E-state index contributed by atoms with van der Waals surface area (Å²) in [5.74, 6) is 1.76. The molecule has 0 saturated carbocycles. The van der Waals surface area contributed by atoms with Crippen LogP contribution in [-0.2, 0) is 6.54 Å². The molecule has 0 atom stereocenters. The summed E-state index contributed by atoms with van der Waals surface area (Å²) in [5, 5.41) is 7.90. The first-order valence-electron chi connectivity index (χ1n) is 8.18. The van der Waals surface area contributed by atoms with E-state index in [1.165, 1.54) is 30.8 Å². The molecule has 0 spiro atoms. The van der Waals surface area contributed by atoms with Crippen molar-refractivity contribution in [1.82, 2.24) is 20.5 Å². The highest BCUT2D eigenvalue weighted by Crippen LogP contribution is 2.16. The summed E-state index contributed by atoms with van der Waals surface area (Å²) in [6, 6.07) is 0. The molecule has 1 aromatic rings. The number of guanidine groups is 1. The Morgan fingerprint density at radius 2 is 2.00 bits per heavy atom. The van der Waals surface area contributed by atoms with Crippen LogP contribution >= 0.6 is 35.3 Å².